The van der Waals surface area contributed by atoms with Crippen molar-refractivity contribution in [3.8, 4) is 0 Å². The van der Waals surface area contributed by atoms with E-state index in [-0.39, 0.29) is 12.6 Å². The molecule has 1 aliphatic rings. The molecule has 0 bridgehead atoms. The standard InChI is InChI=1S/C14H20O4/c1-15-8-4-5-10-6-7-11-12(9-10)14(17-3)18-13(11)16-2/h6-7,9,13-14H,4-5,8H2,1-3H3. The van der Waals surface area contributed by atoms with Crippen LogP contribution in [0.15, 0.2) is 18.2 Å². The van der Waals surface area contributed by atoms with Gasteiger partial charge in [-0.05, 0) is 18.4 Å². The normalized spacial score (nSPS) is 22.2. The predicted molar refractivity (Wildman–Crippen MR) is 67.2 cm³/mol. The molecule has 2 atom stereocenters. The van der Waals surface area contributed by atoms with Crippen LogP contribution in [0.1, 0.15) is 35.7 Å². The maximum Gasteiger partial charge on any atom is 0.187 e. The van der Waals surface area contributed by atoms with Gasteiger partial charge in [0.25, 0.3) is 0 Å². The molecular weight excluding hydrogens is 232 g/mol. The summed E-state index contributed by atoms with van der Waals surface area (Å²) < 4.78 is 21.3. The number of hydrogen-bond acceptors (Lipinski definition) is 4. The number of benzene rings is 1. The lowest BCUT2D eigenvalue weighted by Crippen LogP contribution is -2.01. The van der Waals surface area contributed by atoms with Gasteiger partial charge in [-0.3, -0.25) is 0 Å². The highest BCUT2D eigenvalue weighted by atomic mass is 16.8. The number of hydrogen-bond donors (Lipinski definition) is 0. The van der Waals surface area contributed by atoms with Crippen molar-refractivity contribution in [3.05, 3.63) is 34.9 Å². The quantitative estimate of drug-likeness (QED) is 0.729. The minimum Gasteiger partial charge on any atom is -0.385 e. The Hall–Kier alpha value is -0.940. The van der Waals surface area contributed by atoms with Gasteiger partial charge in [-0.25, -0.2) is 0 Å². The lowest BCUT2D eigenvalue weighted by molar-refractivity contribution is -0.217. The number of methoxy groups -OCH3 is 3. The van der Waals surface area contributed by atoms with Crippen molar-refractivity contribution in [2.24, 2.45) is 0 Å². The molecule has 4 heteroatoms. The molecular formula is C14H20O4. The highest BCUT2D eigenvalue weighted by molar-refractivity contribution is 5.36. The lowest BCUT2D eigenvalue weighted by Gasteiger charge is -2.10. The van der Waals surface area contributed by atoms with E-state index in [2.05, 4.69) is 18.2 Å². The molecule has 0 saturated heterocycles. The molecule has 0 amide bonds. The van der Waals surface area contributed by atoms with Crippen molar-refractivity contribution in [1.29, 1.82) is 0 Å². The first-order chi connectivity index (χ1) is 8.80. The van der Waals surface area contributed by atoms with Crippen LogP contribution in [0, 0.1) is 0 Å². The van der Waals surface area contributed by atoms with Crippen LogP contribution in [0.4, 0.5) is 0 Å². The number of fused-ring (bicyclic) bond motifs is 1. The Kier molecular flexibility index (Phi) is 4.72. The van der Waals surface area contributed by atoms with E-state index in [4.69, 9.17) is 18.9 Å². The summed E-state index contributed by atoms with van der Waals surface area (Å²) in [6.07, 6.45) is 1.36. The molecule has 1 heterocycles. The minimum absolute atomic E-state index is 0.321. The van der Waals surface area contributed by atoms with Gasteiger partial charge in [0.15, 0.2) is 12.6 Å². The monoisotopic (exact) mass is 252 g/mol. The van der Waals surface area contributed by atoms with Crippen molar-refractivity contribution in [2.45, 2.75) is 25.4 Å². The smallest absolute Gasteiger partial charge is 0.187 e. The van der Waals surface area contributed by atoms with Crippen LogP contribution in [-0.4, -0.2) is 27.9 Å². The van der Waals surface area contributed by atoms with E-state index in [1.165, 1.54) is 5.56 Å². The highest BCUT2D eigenvalue weighted by Crippen LogP contribution is 2.40. The van der Waals surface area contributed by atoms with Crippen molar-refractivity contribution < 1.29 is 18.9 Å². The number of rotatable bonds is 6. The van der Waals surface area contributed by atoms with Crippen LogP contribution in [0.3, 0.4) is 0 Å². The molecule has 0 aliphatic carbocycles. The van der Waals surface area contributed by atoms with Crippen LogP contribution < -0.4 is 0 Å². The fourth-order valence-corrected chi connectivity index (χ4v) is 2.24. The predicted octanol–water partition coefficient (Wildman–Crippen LogP) is 2.59. The molecule has 0 fully saturated rings. The first-order valence-electron chi connectivity index (χ1n) is 6.13. The molecule has 100 valence electrons. The van der Waals surface area contributed by atoms with Crippen LogP contribution in [0.5, 0.6) is 0 Å². The molecule has 4 nitrogen and oxygen atoms in total. The van der Waals surface area contributed by atoms with Gasteiger partial charge in [-0.1, -0.05) is 18.2 Å². The van der Waals surface area contributed by atoms with E-state index in [0.717, 1.165) is 30.6 Å². The van der Waals surface area contributed by atoms with Gasteiger partial charge in [0, 0.05) is 39.1 Å². The summed E-state index contributed by atoms with van der Waals surface area (Å²) in [4.78, 5) is 0. The molecule has 1 aliphatic heterocycles. The summed E-state index contributed by atoms with van der Waals surface area (Å²) in [5.74, 6) is 0. The second-order valence-corrected chi connectivity index (χ2v) is 4.33. The number of ether oxygens (including phenoxy) is 4. The average molecular weight is 252 g/mol. The van der Waals surface area contributed by atoms with E-state index in [1.807, 2.05) is 0 Å². The van der Waals surface area contributed by atoms with Gasteiger partial charge in [-0.15, -0.1) is 0 Å². The number of aryl methyl sites for hydroxylation is 1. The molecule has 0 radical (unpaired) electrons. The molecule has 0 saturated carbocycles. The van der Waals surface area contributed by atoms with Crippen molar-refractivity contribution in [2.75, 3.05) is 27.9 Å². The van der Waals surface area contributed by atoms with E-state index < -0.39 is 0 Å². The van der Waals surface area contributed by atoms with Crippen molar-refractivity contribution >= 4 is 0 Å². The van der Waals surface area contributed by atoms with Crippen LogP contribution in [-0.2, 0) is 25.4 Å². The Morgan fingerprint density at radius 3 is 2.44 bits per heavy atom. The molecule has 0 aromatic heterocycles. The van der Waals surface area contributed by atoms with E-state index in [1.54, 1.807) is 21.3 Å². The van der Waals surface area contributed by atoms with Crippen molar-refractivity contribution in [1.82, 2.24) is 0 Å². The maximum atomic E-state index is 5.64. The van der Waals surface area contributed by atoms with Crippen LogP contribution in [0.25, 0.3) is 0 Å². The molecule has 0 N–H and O–H groups in total. The molecule has 1 aromatic carbocycles. The molecule has 2 rings (SSSR count). The lowest BCUT2D eigenvalue weighted by atomic mass is 10.0. The molecule has 2 unspecified atom stereocenters. The third-order valence-electron chi connectivity index (χ3n) is 3.15. The zero-order valence-electron chi connectivity index (χ0n) is 11.1. The summed E-state index contributed by atoms with van der Waals surface area (Å²) in [7, 11) is 5.00. The largest absolute Gasteiger partial charge is 0.385 e. The zero-order chi connectivity index (χ0) is 13.0. The minimum atomic E-state index is -0.327. The van der Waals surface area contributed by atoms with Gasteiger partial charge in [-0.2, -0.15) is 0 Å². The van der Waals surface area contributed by atoms with Gasteiger partial charge in [0.2, 0.25) is 0 Å². The fourth-order valence-electron chi connectivity index (χ4n) is 2.24. The maximum absolute atomic E-state index is 5.64. The van der Waals surface area contributed by atoms with Gasteiger partial charge in [0.05, 0.1) is 0 Å². The third kappa shape index (κ3) is 2.72. The summed E-state index contributed by atoms with van der Waals surface area (Å²) in [5, 5.41) is 0. The summed E-state index contributed by atoms with van der Waals surface area (Å²) >= 11 is 0. The first-order valence-corrected chi connectivity index (χ1v) is 6.13. The molecule has 1 aromatic rings. The Morgan fingerprint density at radius 1 is 1.06 bits per heavy atom. The van der Waals surface area contributed by atoms with Crippen LogP contribution in [0.2, 0.25) is 0 Å². The Morgan fingerprint density at radius 2 is 1.78 bits per heavy atom. The highest BCUT2D eigenvalue weighted by Gasteiger charge is 2.31. The second-order valence-electron chi connectivity index (χ2n) is 4.33. The Bertz CT molecular complexity index is 391. The summed E-state index contributed by atoms with van der Waals surface area (Å²) in [6, 6.07) is 6.31. The summed E-state index contributed by atoms with van der Waals surface area (Å²) in [5.41, 5.74) is 3.40. The van der Waals surface area contributed by atoms with E-state index in [9.17, 15) is 0 Å². The van der Waals surface area contributed by atoms with Gasteiger partial charge < -0.3 is 18.9 Å². The van der Waals surface area contributed by atoms with Crippen LogP contribution >= 0.6 is 0 Å². The van der Waals surface area contributed by atoms with Crippen molar-refractivity contribution in [3.63, 3.8) is 0 Å². The van der Waals surface area contributed by atoms with E-state index in [0.29, 0.717) is 0 Å². The third-order valence-corrected chi connectivity index (χ3v) is 3.15. The summed E-state index contributed by atoms with van der Waals surface area (Å²) in [6.45, 7) is 0.780. The Labute approximate surface area is 108 Å². The SMILES string of the molecule is COCCCc1ccc2c(c1)C(OC)OC2OC. The van der Waals surface area contributed by atoms with Gasteiger partial charge >= 0.3 is 0 Å². The Balaban J connectivity index is 2.14. The molecule has 0 spiro atoms. The molecule has 18 heavy (non-hydrogen) atoms. The second kappa shape index (κ2) is 6.29. The van der Waals surface area contributed by atoms with Gasteiger partial charge in [0.1, 0.15) is 0 Å². The zero-order valence-corrected chi connectivity index (χ0v) is 11.1. The fraction of sp³-hybridized carbons (Fsp3) is 0.571. The van der Waals surface area contributed by atoms with E-state index >= 15 is 0 Å². The first kappa shape index (κ1) is 13.5. The average Bonchev–Trinajstić information content (AvgIpc) is 2.76. The topological polar surface area (TPSA) is 36.9 Å².